The van der Waals surface area contributed by atoms with Gasteiger partial charge in [0.2, 0.25) is 5.91 Å². The number of hydrogen-bond donors (Lipinski definition) is 1. The second-order valence-corrected chi connectivity index (χ2v) is 7.60. The molecular formula is C19H18N2O2S2. The largest absolute Gasteiger partial charge is 0.351 e. The molecule has 3 aromatic rings. The molecular weight excluding hydrogens is 352 g/mol. The van der Waals surface area contributed by atoms with Gasteiger partial charge in [0.05, 0.1) is 17.1 Å². The van der Waals surface area contributed by atoms with Gasteiger partial charge in [-0.25, -0.2) is 4.98 Å². The second-order valence-electron chi connectivity index (χ2n) is 5.57. The number of ketones is 1. The van der Waals surface area contributed by atoms with Crippen molar-refractivity contribution in [1.29, 1.82) is 0 Å². The van der Waals surface area contributed by atoms with Crippen molar-refractivity contribution >= 4 is 34.4 Å². The molecule has 0 aliphatic carbocycles. The molecule has 0 saturated heterocycles. The lowest BCUT2D eigenvalue weighted by Crippen LogP contribution is -2.23. The quantitative estimate of drug-likeness (QED) is 0.625. The number of nitrogens with zero attached hydrogens (tertiary/aromatic N) is 1. The molecule has 1 amide bonds. The molecule has 0 aliphatic heterocycles. The standard InChI is InChI=1S/C19H18N2O2S2/c1-13-17(25-19(21-13)16-8-5-11-24-16)12-20-18(23)10-9-15(22)14-6-3-2-4-7-14/h2-8,11H,9-10,12H2,1H3,(H,20,23). The number of carbonyl (C=O) groups is 2. The van der Waals surface area contributed by atoms with Crippen LogP contribution < -0.4 is 5.32 Å². The Balaban J connectivity index is 1.50. The summed E-state index contributed by atoms with van der Waals surface area (Å²) in [6.07, 6.45) is 0.418. The summed E-state index contributed by atoms with van der Waals surface area (Å²) in [5.41, 5.74) is 1.59. The predicted molar refractivity (Wildman–Crippen MR) is 102 cm³/mol. The first-order valence-corrected chi connectivity index (χ1v) is 9.68. The molecule has 1 N–H and O–H groups in total. The highest BCUT2D eigenvalue weighted by Gasteiger charge is 2.12. The number of hydrogen-bond acceptors (Lipinski definition) is 5. The lowest BCUT2D eigenvalue weighted by molar-refractivity contribution is -0.121. The lowest BCUT2D eigenvalue weighted by Gasteiger charge is -2.04. The van der Waals surface area contributed by atoms with Gasteiger partial charge in [-0.3, -0.25) is 9.59 Å². The average Bonchev–Trinajstić information content (AvgIpc) is 3.28. The van der Waals surface area contributed by atoms with E-state index in [0.717, 1.165) is 20.5 Å². The Hall–Kier alpha value is -2.31. The SMILES string of the molecule is Cc1nc(-c2cccs2)sc1CNC(=O)CCC(=O)c1ccccc1. The smallest absolute Gasteiger partial charge is 0.220 e. The molecule has 1 aromatic carbocycles. The Bertz CT molecular complexity index is 855. The van der Waals surface area contributed by atoms with Crippen molar-refractivity contribution < 1.29 is 9.59 Å². The van der Waals surface area contributed by atoms with E-state index in [1.54, 1.807) is 34.8 Å². The van der Waals surface area contributed by atoms with Crippen molar-refractivity contribution in [3.8, 4) is 9.88 Å². The van der Waals surface area contributed by atoms with E-state index in [0.29, 0.717) is 12.1 Å². The molecule has 0 atom stereocenters. The summed E-state index contributed by atoms with van der Waals surface area (Å²) in [7, 11) is 0. The Labute approximate surface area is 154 Å². The number of amides is 1. The third-order valence-electron chi connectivity index (χ3n) is 3.75. The van der Waals surface area contributed by atoms with Gasteiger partial charge >= 0.3 is 0 Å². The van der Waals surface area contributed by atoms with E-state index in [2.05, 4.69) is 10.3 Å². The molecule has 0 saturated carbocycles. The van der Waals surface area contributed by atoms with Crippen LogP contribution >= 0.6 is 22.7 Å². The van der Waals surface area contributed by atoms with Crippen molar-refractivity contribution in [2.45, 2.75) is 26.3 Å². The highest BCUT2D eigenvalue weighted by molar-refractivity contribution is 7.21. The Morgan fingerprint density at radius 2 is 1.88 bits per heavy atom. The molecule has 25 heavy (non-hydrogen) atoms. The van der Waals surface area contributed by atoms with Gasteiger partial charge in [0, 0.05) is 23.3 Å². The number of aromatic nitrogens is 1. The van der Waals surface area contributed by atoms with Crippen LogP contribution in [0, 0.1) is 6.92 Å². The van der Waals surface area contributed by atoms with Gasteiger partial charge in [-0.2, -0.15) is 0 Å². The number of aryl methyl sites for hydroxylation is 1. The van der Waals surface area contributed by atoms with Crippen LogP contribution in [0.2, 0.25) is 0 Å². The maximum absolute atomic E-state index is 12.0. The van der Waals surface area contributed by atoms with Crippen LogP contribution in [0.25, 0.3) is 9.88 Å². The van der Waals surface area contributed by atoms with E-state index in [1.165, 1.54) is 0 Å². The van der Waals surface area contributed by atoms with Gasteiger partial charge in [0.15, 0.2) is 5.78 Å². The lowest BCUT2D eigenvalue weighted by atomic mass is 10.1. The minimum Gasteiger partial charge on any atom is -0.351 e. The van der Waals surface area contributed by atoms with Crippen LogP contribution in [0.1, 0.15) is 33.8 Å². The van der Waals surface area contributed by atoms with Crippen molar-refractivity contribution in [2.75, 3.05) is 0 Å². The number of thiophene rings is 1. The highest BCUT2D eigenvalue weighted by atomic mass is 32.1. The van der Waals surface area contributed by atoms with Crippen LogP contribution in [0.15, 0.2) is 47.8 Å². The molecule has 0 unspecified atom stereocenters. The van der Waals surface area contributed by atoms with Gasteiger partial charge in [0.1, 0.15) is 5.01 Å². The van der Waals surface area contributed by atoms with Crippen LogP contribution in [0.4, 0.5) is 0 Å². The van der Waals surface area contributed by atoms with Gasteiger partial charge in [0.25, 0.3) is 0 Å². The van der Waals surface area contributed by atoms with Crippen LogP contribution in [0.5, 0.6) is 0 Å². The first-order valence-electron chi connectivity index (χ1n) is 7.98. The maximum Gasteiger partial charge on any atom is 0.220 e. The van der Waals surface area contributed by atoms with Gasteiger partial charge in [-0.1, -0.05) is 36.4 Å². The summed E-state index contributed by atoms with van der Waals surface area (Å²) >= 11 is 3.25. The topological polar surface area (TPSA) is 59.1 Å². The van der Waals surface area contributed by atoms with Crippen molar-refractivity contribution in [3.05, 3.63) is 64.0 Å². The van der Waals surface area contributed by atoms with Crippen molar-refractivity contribution in [2.24, 2.45) is 0 Å². The maximum atomic E-state index is 12.0. The summed E-state index contributed by atoms with van der Waals surface area (Å²) in [5.74, 6) is -0.126. The van der Waals surface area contributed by atoms with Crippen LogP contribution in [-0.4, -0.2) is 16.7 Å². The molecule has 0 spiro atoms. The fraction of sp³-hybridized carbons (Fsp3) is 0.211. The zero-order valence-corrected chi connectivity index (χ0v) is 15.5. The monoisotopic (exact) mass is 370 g/mol. The summed E-state index contributed by atoms with van der Waals surface area (Å²) in [6, 6.07) is 13.1. The van der Waals surface area contributed by atoms with Crippen molar-refractivity contribution in [3.63, 3.8) is 0 Å². The molecule has 0 fully saturated rings. The van der Waals surface area contributed by atoms with E-state index in [9.17, 15) is 9.59 Å². The third-order valence-corrected chi connectivity index (χ3v) is 5.94. The summed E-state index contributed by atoms with van der Waals surface area (Å²) in [5, 5.41) is 5.90. The molecule has 6 heteroatoms. The Morgan fingerprint density at radius 3 is 2.60 bits per heavy atom. The van der Waals surface area contributed by atoms with Gasteiger partial charge < -0.3 is 5.32 Å². The highest BCUT2D eigenvalue weighted by Crippen LogP contribution is 2.30. The molecule has 0 aliphatic rings. The predicted octanol–water partition coefficient (Wildman–Crippen LogP) is 4.46. The minimum absolute atomic E-state index is 0.00953. The normalized spacial score (nSPS) is 10.6. The van der Waals surface area contributed by atoms with E-state index in [1.807, 2.05) is 42.6 Å². The van der Waals surface area contributed by atoms with E-state index in [-0.39, 0.29) is 24.5 Å². The fourth-order valence-electron chi connectivity index (χ4n) is 2.36. The zero-order chi connectivity index (χ0) is 17.6. The van der Waals surface area contributed by atoms with Crippen molar-refractivity contribution in [1.82, 2.24) is 10.3 Å². The molecule has 0 bridgehead atoms. The molecule has 3 rings (SSSR count). The summed E-state index contributed by atoms with van der Waals surface area (Å²) in [6.45, 7) is 2.40. The van der Waals surface area contributed by atoms with Crippen LogP contribution in [0.3, 0.4) is 0 Å². The molecule has 0 radical (unpaired) electrons. The summed E-state index contributed by atoms with van der Waals surface area (Å²) < 4.78 is 0. The van der Waals surface area contributed by atoms with Crippen LogP contribution in [-0.2, 0) is 11.3 Å². The number of benzene rings is 1. The first kappa shape index (κ1) is 17.5. The minimum atomic E-state index is -0.116. The van der Waals surface area contributed by atoms with E-state index in [4.69, 9.17) is 0 Å². The number of carbonyl (C=O) groups excluding carboxylic acids is 2. The number of Topliss-reactive ketones (excluding diaryl/α,β-unsaturated/α-hetero) is 1. The second kappa shape index (κ2) is 8.18. The summed E-state index contributed by atoms with van der Waals surface area (Å²) in [4.78, 5) is 30.8. The number of rotatable bonds is 7. The fourth-order valence-corrected chi connectivity index (χ4v) is 4.16. The first-order chi connectivity index (χ1) is 12.1. The number of nitrogens with one attached hydrogen (secondary N) is 1. The van der Waals surface area contributed by atoms with Gasteiger partial charge in [-0.15, -0.1) is 22.7 Å². The Morgan fingerprint density at radius 1 is 1.08 bits per heavy atom. The molecule has 2 heterocycles. The van der Waals surface area contributed by atoms with Gasteiger partial charge in [-0.05, 0) is 18.4 Å². The molecule has 2 aromatic heterocycles. The molecule has 128 valence electrons. The Kier molecular flexibility index (Phi) is 5.73. The number of thiazole rings is 1. The van der Waals surface area contributed by atoms with E-state index >= 15 is 0 Å². The average molecular weight is 370 g/mol. The molecule has 4 nitrogen and oxygen atoms in total. The zero-order valence-electron chi connectivity index (χ0n) is 13.8. The third kappa shape index (κ3) is 4.61. The van der Waals surface area contributed by atoms with E-state index < -0.39 is 0 Å².